The van der Waals surface area contributed by atoms with Crippen LogP contribution in [0.15, 0.2) is 36.4 Å². The third-order valence-corrected chi connectivity index (χ3v) is 1.06. The van der Waals surface area contributed by atoms with E-state index in [-0.39, 0.29) is 0 Å². The lowest BCUT2D eigenvalue weighted by molar-refractivity contribution is -0.141. The molecule has 0 atom stereocenters. The largest absolute Gasteiger partial charge is 0.396 e. The van der Waals surface area contributed by atoms with E-state index in [1.807, 2.05) is 36.4 Å². The average molecular weight is 192 g/mol. The topological polar surface area (TPSA) is 20.2 Å². The van der Waals surface area contributed by atoms with Crippen molar-refractivity contribution in [3.8, 4) is 0 Å². The first-order valence-electron chi connectivity index (χ1n) is 3.74. The van der Waals surface area contributed by atoms with Crippen LogP contribution < -0.4 is 0 Å². The zero-order valence-electron chi connectivity index (χ0n) is 6.96. The molecule has 1 aromatic carbocycles. The lowest BCUT2D eigenvalue weighted by Gasteiger charge is -1.99. The van der Waals surface area contributed by atoms with Crippen molar-refractivity contribution < 1.29 is 18.3 Å². The fourth-order valence-electron chi connectivity index (χ4n) is 0.512. The second kappa shape index (κ2) is 6.48. The summed E-state index contributed by atoms with van der Waals surface area (Å²) in [6.07, 6.45) is -5.30. The molecule has 0 aliphatic carbocycles. The van der Waals surface area contributed by atoms with Gasteiger partial charge in [0.2, 0.25) is 0 Å². The highest BCUT2D eigenvalue weighted by Gasteiger charge is 2.25. The number of aliphatic hydroxyl groups excluding tert-OH is 1. The van der Waals surface area contributed by atoms with Crippen molar-refractivity contribution >= 4 is 0 Å². The Hall–Kier alpha value is -1.03. The normalized spacial score (nSPS) is 10.2. The highest BCUT2D eigenvalue weighted by Crippen LogP contribution is 2.17. The van der Waals surface area contributed by atoms with Gasteiger partial charge in [-0.25, -0.2) is 0 Å². The third-order valence-electron chi connectivity index (χ3n) is 1.06. The van der Waals surface area contributed by atoms with Crippen LogP contribution in [0, 0.1) is 0 Å². The van der Waals surface area contributed by atoms with Gasteiger partial charge in [0.1, 0.15) is 0 Å². The molecule has 0 aromatic heterocycles. The molecule has 4 heteroatoms. The first-order chi connectivity index (χ1) is 6.06. The molecule has 0 heterocycles. The highest BCUT2D eigenvalue weighted by atomic mass is 19.4. The molecule has 0 spiro atoms. The van der Waals surface area contributed by atoms with E-state index >= 15 is 0 Å². The first-order valence-corrected chi connectivity index (χ1v) is 3.74. The van der Waals surface area contributed by atoms with E-state index in [9.17, 15) is 13.2 Å². The summed E-state index contributed by atoms with van der Waals surface area (Å²) in [4.78, 5) is 0. The quantitative estimate of drug-likeness (QED) is 0.725. The lowest BCUT2D eigenvalue weighted by atomic mass is 10.4. The molecule has 0 saturated carbocycles. The summed E-state index contributed by atoms with van der Waals surface area (Å²) in [6.45, 7) is -0.816. The van der Waals surface area contributed by atoms with Crippen LogP contribution >= 0.6 is 0 Å². The summed E-state index contributed by atoms with van der Waals surface area (Å²) in [5, 5.41) is 7.68. The van der Waals surface area contributed by atoms with Crippen molar-refractivity contribution in [3.05, 3.63) is 36.4 Å². The Morgan fingerprint density at radius 2 is 1.15 bits per heavy atom. The number of hydrogen-bond donors (Lipinski definition) is 1. The first kappa shape index (κ1) is 12.0. The van der Waals surface area contributed by atoms with E-state index in [1.54, 1.807) is 0 Å². The zero-order valence-corrected chi connectivity index (χ0v) is 6.96. The molecule has 74 valence electrons. The van der Waals surface area contributed by atoms with Gasteiger partial charge >= 0.3 is 6.18 Å². The Morgan fingerprint density at radius 1 is 0.846 bits per heavy atom. The summed E-state index contributed by atoms with van der Waals surface area (Å²) in [7, 11) is 0. The maximum Gasteiger partial charge on any atom is 0.391 e. The van der Waals surface area contributed by atoms with Gasteiger partial charge in [-0.05, 0) is 0 Å². The fraction of sp³-hybridized carbons (Fsp3) is 0.333. The summed E-state index contributed by atoms with van der Waals surface area (Å²) < 4.78 is 32.7. The molecule has 1 N–H and O–H groups in total. The summed E-state index contributed by atoms with van der Waals surface area (Å²) in [5.74, 6) is 0. The Labute approximate surface area is 74.8 Å². The van der Waals surface area contributed by atoms with Gasteiger partial charge in [0, 0.05) is 0 Å². The van der Waals surface area contributed by atoms with Gasteiger partial charge in [0.25, 0.3) is 0 Å². The fourth-order valence-corrected chi connectivity index (χ4v) is 0.512. The maximum atomic E-state index is 10.9. The standard InChI is InChI=1S/C6H6.C3H5F3O/c1-2-4-6-5-3-1;4-3(5,6)1-2-7/h1-6H;7H,1-2H2. The van der Waals surface area contributed by atoms with Crippen LogP contribution in [0.4, 0.5) is 13.2 Å². The molecule has 0 radical (unpaired) electrons. The van der Waals surface area contributed by atoms with Gasteiger partial charge in [-0.2, -0.15) is 13.2 Å². The third kappa shape index (κ3) is 11.0. The molecule has 1 rings (SSSR count). The molecule has 0 bridgehead atoms. The van der Waals surface area contributed by atoms with E-state index in [2.05, 4.69) is 0 Å². The molecule has 0 aliphatic rings. The maximum absolute atomic E-state index is 10.9. The van der Waals surface area contributed by atoms with Crippen molar-refractivity contribution in [2.45, 2.75) is 12.6 Å². The predicted molar refractivity (Wildman–Crippen MR) is 44.2 cm³/mol. The number of hydrogen-bond acceptors (Lipinski definition) is 1. The van der Waals surface area contributed by atoms with Gasteiger partial charge in [-0.3, -0.25) is 0 Å². The van der Waals surface area contributed by atoms with Gasteiger partial charge in [0.15, 0.2) is 0 Å². The predicted octanol–water partition coefficient (Wildman–Crippen LogP) is 2.62. The Morgan fingerprint density at radius 3 is 1.23 bits per heavy atom. The second-order valence-electron chi connectivity index (χ2n) is 2.24. The minimum Gasteiger partial charge on any atom is -0.396 e. The molecule has 0 aliphatic heterocycles. The molecule has 0 saturated heterocycles. The monoisotopic (exact) mass is 192 g/mol. The van der Waals surface area contributed by atoms with Crippen LogP contribution in [0.25, 0.3) is 0 Å². The lowest BCUT2D eigenvalue weighted by Crippen LogP contribution is -2.08. The van der Waals surface area contributed by atoms with Crippen LogP contribution in [0.2, 0.25) is 0 Å². The molecule has 13 heavy (non-hydrogen) atoms. The van der Waals surface area contributed by atoms with Crippen molar-refractivity contribution in [2.24, 2.45) is 0 Å². The van der Waals surface area contributed by atoms with Crippen LogP contribution in [-0.4, -0.2) is 17.9 Å². The van der Waals surface area contributed by atoms with E-state index < -0.39 is 19.2 Å². The molecule has 0 amide bonds. The van der Waals surface area contributed by atoms with Crippen LogP contribution in [0.5, 0.6) is 0 Å². The van der Waals surface area contributed by atoms with Gasteiger partial charge in [0.05, 0.1) is 13.0 Å². The molecular weight excluding hydrogens is 181 g/mol. The number of rotatable bonds is 1. The molecule has 1 aromatic rings. The SMILES string of the molecule is OCCC(F)(F)F.c1ccccc1. The van der Waals surface area contributed by atoms with Crippen molar-refractivity contribution in [2.75, 3.05) is 6.61 Å². The summed E-state index contributed by atoms with van der Waals surface area (Å²) in [6, 6.07) is 12.0. The number of aliphatic hydroxyl groups is 1. The van der Waals surface area contributed by atoms with Crippen LogP contribution in [-0.2, 0) is 0 Å². The molecular formula is C9H11F3O. The second-order valence-corrected chi connectivity index (χ2v) is 2.24. The highest BCUT2D eigenvalue weighted by molar-refractivity contribution is 4.99. The summed E-state index contributed by atoms with van der Waals surface area (Å²) in [5.41, 5.74) is 0. The average Bonchev–Trinajstić information content (AvgIpc) is 2.06. The van der Waals surface area contributed by atoms with Crippen LogP contribution in [0.1, 0.15) is 6.42 Å². The molecule has 0 fully saturated rings. The Bertz CT molecular complexity index is 169. The van der Waals surface area contributed by atoms with Crippen LogP contribution in [0.3, 0.4) is 0 Å². The molecule has 0 unspecified atom stereocenters. The van der Waals surface area contributed by atoms with Gasteiger partial charge in [-0.1, -0.05) is 36.4 Å². The van der Waals surface area contributed by atoms with Crippen molar-refractivity contribution in [3.63, 3.8) is 0 Å². The minimum absolute atomic E-state index is 0.816. The van der Waals surface area contributed by atoms with E-state index in [0.717, 1.165) is 0 Å². The Balaban J connectivity index is 0.000000223. The zero-order chi connectivity index (χ0) is 10.2. The number of halogens is 3. The van der Waals surface area contributed by atoms with E-state index in [4.69, 9.17) is 5.11 Å². The van der Waals surface area contributed by atoms with Crippen molar-refractivity contribution in [1.82, 2.24) is 0 Å². The van der Waals surface area contributed by atoms with Gasteiger partial charge in [-0.15, -0.1) is 0 Å². The van der Waals surface area contributed by atoms with E-state index in [1.165, 1.54) is 0 Å². The minimum atomic E-state index is -4.20. The van der Waals surface area contributed by atoms with Gasteiger partial charge < -0.3 is 5.11 Å². The molecule has 1 nitrogen and oxygen atoms in total. The van der Waals surface area contributed by atoms with Crippen molar-refractivity contribution in [1.29, 1.82) is 0 Å². The summed E-state index contributed by atoms with van der Waals surface area (Å²) >= 11 is 0. The van der Waals surface area contributed by atoms with E-state index in [0.29, 0.717) is 0 Å². The number of benzene rings is 1. The smallest absolute Gasteiger partial charge is 0.391 e. The number of alkyl halides is 3. The Kier molecular flexibility index (Phi) is 5.97.